The Hall–Kier alpha value is -1.16. The fraction of sp³-hybridized carbons (Fsp3) is 0.643. The molecule has 1 aliphatic heterocycles. The fourth-order valence-electron chi connectivity index (χ4n) is 2.61. The zero-order valence-corrected chi connectivity index (χ0v) is 11.2. The second-order valence-electron chi connectivity index (χ2n) is 5.07. The van der Waals surface area contributed by atoms with Crippen LogP contribution in [0.5, 0.6) is 0 Å². The number of anilines is 1. The molecule has 0 aliphatic carbocycles. The van der Waals surface area contributed by atoms with Crippen molar-refractivity contribution in [2.24, 2.45) is 5.92 Å². The van der Waals surface area contributed by atoms with E-state index in [-0.39, 0.29) is 0 Å². The minimum absolute atomic E-state index is 0.413. The molecule has 0 aromatic carbocycles. The molecule has 1 N–H and O–H groups in total. The van der Waals surface area contributed by atoms with Gasteiger partial charge in [-0.25, -0.2) is 4.98 Å². The fourth-order valence-corrected chi connectivity index (χ4v) is 2.61. The molecule has 0 saturated carbocycles. The molecule has 2 heterocycles. The van der Waals surface area contributed by atoms with E-state index in [1.807, 2.05) is 0 Å². The van der Waals surface area contributed by atoms with E-state index < -0.39 is 5.95 Å². The number of halogens is 1. The summed E-state index contributed by atoms with van der Waals surface area (Å²) in [4.78, 5) is 6.15. The van der Waals surface area contributed by atoms with Gasteiger partial charge in [-0.1, -0.05) is 6.92 Å². The molecule has 4 heteroatoms. The van der Waals surface area contributed by atoms with Crippen molar-refractivity contribution in [3.05, 3.63) is 24.3 Å². The Morgan fingerprint density at radius 2 is 2.17 bits per heavy atom. The third kappa shape index (κ3) is 3.42. The third-order valence-electron chi connectivity index (χ3n) is 3.91. The molecule has 1 saturated heterocycles. The van der Waals surface area contributed by atoms with Gasteiger partial charge in [-0.3, -0.25) is 0 Å². The van der Waals surface area contributed by atoms with Crippen LogP contribution >= 0.6 is 0 Å². The standard InChI is InChI=1S/C14H22FN3/c1-3-18-8-6-12(7-9-18)11(2)17-13-4-5-14(15)16-10-13/h4-5,10-12,17H,3,6-9H2,1-2H3. The van der Waals surface area contributed by atoms with Crippen LogP contribution in [0.4, 0.5) is 10.1 Å². The second kappa shape index (κ2) is 6.14. The molecule has 1 fully saturated rings. The molecule has 18 heavy (non-hydrogen) atoms. The summed E-state index contributed by atoms with van der Waals surface area (Å²) in [6.07, 6.45) is 4.03. The van der Waals surface area contributed by atoms with Gasteiger partial charge in [-0.05, 0) is 57.5 Å². The molecular formula is C14H22FN3. The topological polar surface area (TPSA) is 28.2 Å². The van der Waals surface area contributed by atoms with Crippen molar-refractivity contribution in [3.8, 4) is 0 Å². The summed E-state index contributed by atoms with van der Waals surface area (Å²) in [5.41, 5.74) is 0.904. The Morgan fingerprint density at radius 1 is 1.44 bits per heavy atom. The average molecular weight is 251 g/mol. The van der Waals surface area contributed by atoms with E-state index in [4.69, 9.17) is 0 Å². The predicted octanol–water partition coefficient (Wildman–Crippen LogP) is 2.75. The van der Waals surface area contributed by atoms with Gasteiger partial charge >= 0.3 is 0 Å². The van der Waals surface area contributed by atoms with Crippen molar-refractivity contribution in [3.63, 3.8) is 0 Å². The van der Waals surface area contributed by atoms with E-state index in [1.54, 1.807) is 12.3 Å². The van der Waals surface area contributed by atoms with E-state index in [0.717, 1.165) is 12.2 Å². The first-order valence-corrected chi connectivity index (χ1v) is 6.79. The van der Waals surface area contributed by atoms with Crippen LogP contribution in [-0.2, 0) is 0 Å². The highest BCUT2D eigenvalue weighted by atomic mass is 19.1. The SMILES string of the molecule is CCN1CCC(C(C)Nc2ccc(F)nc2)CC1. The number of hydrogen-bond acceptors (Lipinski definition) is 3. The Labute approximate surface area is 108 Å². The van der Waals surface area contributed by atoms with Crippen LogP contribution in [0.2, 0.25) is 0 Å². The molecule has 0 radical (unpaired) electrons. The highest BCUT2D eigenvalue weighted by Crippen LogP contribution is 2.22. The number of aromatic nitrogens is 1. The highest BCUT2D eigenvalue weighted by Gasteiger charge is 2.22. The zero-order valence-electron chi connectivity index (χ0n) is 11.2. The number of nitrogens with zero attached hydrogens (tertiary/aromatic N) is 2. The van der Waals surface area contributed by atoms with Crippen molar-refractivity contribution in [2.45, 2.75) is 32.7 Å². The van der Waals surface area contributed by atoms with Gasteiger partial charge in [-0.15, -0.1) is 0 Å². The Morgan fingerprint density at radius 3 is 2.72 bits per heavy atom. The maximum absolute atomic E-state index is 12.7. The molecule has 0 amide bonds. The van der Waals surface area contributed by atoms with Crippen molar-refractivity contribution < 1.29 is 4.39 Å². The van der Waals surface area contributed by atoms with Gasteiger partial charge in [0.15, 0.2) is 0 Å². The molecule has 3 nitrogen and oxygen atoms in total. The van der Waals surface area contributed by atoms with Gasteiger partial charge < -0.3 is 10.2 Å². The molecule has 0 spiro atoms. The monoisotopic (exact) mass is 251 g/mol. The lowest BCUT2D eigenvalue weighted by Crippen LogP contribution is -2.39. The van der Waals surface area contributed by atoms with Crippen LogP contribution < -0.4 is 5.32 Å². The number of piperidine rings is 1. The number of hydrogen-bond donors (Lipinski definition) is 1. The van der Waals surface area contributed by atoms with Gasteiger partial charge in [0.1, 0.15) is 0 Å². The van der Waals surface area contributed by atoms with Gasteiger partial charge in [0.25, 0.3) is 0 Å². The van der Waals surface area contributed by atoms with Crippen LogP contribution in [0.25, 0.3) is 0 Å². The average Bonchev–Trinajstić information content (AvgIpc) is 2.41. The van der Waals surface area contributed by atoms with Crippen LogP contribution in [0.1, 0.15) is 26.7 Å². The van der Waals surface area contributed by atoms with Crippen LogP contribution in [0.15, 0.2) is 18.3 Å². The number of rotatable bonds is 4. The van der Waals surface area contributed by atoms with E-state index in [9.17, 15) is 4.39 Å². The lowest BCUT2D eigenvalue weighted by molar-refractivity contribution is 0.183. The summed E-state index contributed by atoms with van der Waals surface area (Å²) in [5.74, 6) is 0.266. The van der Waals surface area contributed by atoms with Crippen LogP contribution in [-0.4, -0.2) is 35.6 Å². The summed E-state index contributed by atoms with van der Waals surface area (Å²) >= 11 is 0. The maximum atomic E-state index is 12.7. The summed E-state index contributed by atoms with van der Waals surface area (Å²) in [5, 5.41) is 3.42. The van der Waals surface area contributed by atoms with Gasteiger partial charge in [0.05, 0.1) is 11.9 Å². The largest absolute Gasteiger partial charge is 0.381 e. The summed E-state index contributed by atoms with van der Waals surface area (Å²) in [7, 11) is 0. The van der Waals surface area contributed by atoms with Crippen LogP contribution in [0, 0.1) is 11.9 Å². The normalized spacial score (nSPS) is 19.7. The minimum Gasteiger partial charge on any atom is -0.381 e. The molecule has 1 aliphatic rings. The van der Waals surface area contributed by atoms with Gasteiger partial charge in [0.2, 0.25) is 5.95 Å². The molecule has 100 valence electrons. The summed E-state index contributed by atoms with van der Waals surface area (Å²) in [6.45, 7) is 7.95. The molecule has 0 bridgehead atoms. The quantitative estimate of drug-likeness (QED) is 0.834. The third-order valence-corrected chi connectivity index (χ3v) is 3.91. The van der Waals surface area contributed by atoms with E-state index in [1.165, 1.54) is 32.0 Å². The maximum Gasteiger partial charge on any atom is 0.212 e. The molecular weight excluding hydrogens is 229 g/mol. The van der Waals surface area contributed by atoms with Crippen LogP contribution in [0.3, 0.4) is 0 Å². The van der Waals surface area contributed by atoms with E-state index >= 15 is 0 Å². The Kier molecular flexibility index (Phi) is 4.53. The smallest absolute Gasteiger partial charge is 0.212 e. The second-order valence-corrected chi connectivity index (χ2v) is 5.07. The van der Waals surface area contributed by atoms with Gasteiger partial charge in [0, 0.05) is 6.04 Å². The lowest BCUT2D eigenvalue weighted by atomic mass is 9.90. The van der Waals surface area contributed by atoms with E-state index in [2.05, 4.69) is 29.0 Å². The molecule has 1 aromatic rings. The van der Waals surface area contributed by atoms with Gasteiger partial charge in [-0.2, -0.15) is 4.39 Å². The lowest BCUT2D eigenvalue weighted by Gasteiger charge is -2.34. The number of pyridine rings is 1. The first-order chi connectivity index (χ1) is 8.69. The summed E-state index contributed by atoms with van der Waals surface area (Å²) < 4.78 is 12.7. The van der Waals surface area contributed by atoms with Crippen molar-refractivity contribution in [1.29, 1.82) is 0 Å². The molecule has 1 aromatic heterocycles. The highest BCUT2D eigenvalue weighted by molar-refractivity contribution is 5.40. The van der Waals surface area contributed by atoms with Crippen molar-refractivity contribution in [1.82, 2.24) is 9.88 Å². The first kappa shape index (κ1) is 13.3. The predicted molar refractivity (Wildman–Crippen MR) is 72.1 cm³/mol. The van der Waals surface area contributed by atoms with Crippen molar-refractivity contribution in [2.75, 3.05) is 25.0 Å². The van der Waals surface area contributed by atoms with Crippen molar-refractivity contribution >= 4 is 5.69 Å². The number of likely N-dealkylation sites (tertiary alicyclic amines) is 1. The first-order valence-electron chi connectivity index (χ1n) is 6.79. The minimum atomic E-state index is -0.426. The van der Waals surface area contributed by atoms with E-state index in [0.29, 0.717) is 12.0 Å². The molecule has 1 atom stereocenters. The summed E-state index contributed by atoms with van der Waals surface area (Å²) in [6, 6.07) is 3.56. The zero-order chi connectivity index (χ0) is 13.0. The Balaban J connectivity index is 1.85. The number of nitrogens with one attached hydrogen (secondary N) is 1. The Bertz CT molecular complexity index is 358. The molecule has 1 unspecified atom stereocenters. The molecule has 2 rings (SSSR count).